The molecule has 2 aromatic rings. The first kappa shape index (κ1) is 21.5. The van der Waals surface area contributed by atoms with E-state index in [-0.39, 0.29) is 12.6 Å². The van der Waals surface area contributed by atoms with Crippen LogP contribution in [0.5, 0.6) is 0 Å². The highest BCUT2D eigenvalue weighted by Crippen LogP contribution is 2.53. The number of hydrogen-bond acceptors (Lipinski definition) is 5. The van der Waals surface area contributed by atoms with E-state index in [2.05, 4.69) is 4.98 Å². The van der Waals surface area contributed by atoms with Gasteiger partial charge in [0, 0.05) is 7.11 Å². The quantitative estimate of drug-likeness (QED) is 0.634. The van der Waals surface area contributed by atoms with Crippen LogP contribution in [-0.2, 0) is 4.74 Å². The van der Waals surface area contributed by atoms with Gasteiger partial charge in [-0.2, -0.15) is 13.2 Å². The van der Waals surface area contributed by atoms with E-state index in [9.17, 15) is 18.0 Å². The van der Waals surface area contributed by atoms with Gasteiger partial charge in [0.15, 0.2) is 5.58 Å². The molecule has 0 bridgehead atoms. The van der Waals surface area contributed by atoms with E-state index in [1.54, 1.807) is 18.2 Å². The van der Waals surface area contributed by atoms with Crippen molar-refractivity contribution in [3.05, 3.63) is 29.7 Å². The third kappa shape index (κ3) is 4.05. The van der Waals surface area contributed by atoms with E-state index in [0.717, 1.165) is 4.90 Å². The van der Waals surface area contributed by atoms with Crippen LogP contribution >= 0.6 is 0 Å². The van der Waals surface area contributed by atoms with Gasteiger partial charge in [-0.15, -0.1) is 0 Å². The minimum absolute atomic E-state index is 0.0547. The number of methoxy groups -OCH3 is 1. The number of hydrogen-bond donors (Lipinski definition) is 2. The Bertz CT molecular complexity index is 990. The van der Waals surface area contributed by atoms with Crippen LogP contribution in [-0.4, -0.2) is 48.4 Å². The Labute approximate surface area is 183 Å². The zero-order valence-electron chi connectivity index (χ0n) is 17.8. The summed E-state index contributed by atoms with van der Waals surface area (Å²) < 4.78 is 50.6. The maximum absolute atomic E-state index is 13.1. The molecular weight excluding hydrogens is 425 g/mol. The first-order valence-corrected chi connectivity index (χ1v) is 11.0. The van der Waals surface area contributed by atoms with Crippen LogP contribution in [0.2, 0.25) is 0 Å². The van der Waals surface area contributed by atoms with E-state index < -0.39 is 30.8 Å². The fourth-order valence-electron chi connectivity index (χ4n) is 4.95. The minimum Gasteiger partial charge on any atom is -0.439 e. The molecule has 0 unspecified atom stereocenters. The molecule has 2 aliphatic carbocycles. The molecule has 3 N–H and O–H groups in total. The summed E-state index contributed by atoms with van der Waals surface area (Å²) in [6.45, 7) is -0.424. The van der Waals surface area contributed by atoms with Gasteiger partial charge in [0.25, 0.3) is 0 Å². The maximum Gasteiger partial charge on any atom is 0.410 e. The normalized spacial score (nSPS) is 23.8. The summed E-state index contributed by atoms with van der Waals surface area (Å²) in [6, 6.07) is 1.59. The Morgan fingerprint density at radius 2 is 1.97 bits per heavy atom. The number of carbonyl (C=O) groups is 1. The predicted octanol–water partition coefficient (Wildman–Crippen LogP) is 3.91. The fourth-order valence-corrected chi connectivity index (χ4v) is 4.95. The molecular formula is C22H27F3N4O3. The molecule has 0 spiro atoms. The molecule has 2 saturated carbocycles. The number of carbonyl (C=O) groups excluding carboxylic acids is 1. The van der Waals surface area contributed by atoms with Crippen LogP contribution in [0, 0.1) is 17.8 Å². The van der Waals surface area contributed by atoms with E-state index >= 15 is 0 Å². The van der Waals surface area contributed by atoms with Gasteiger partial charge in [0.05, 0.1) is 25.2 Å². The molecule has 7 nitrogen and oxygen atoms in total. The molecule has 5 rings (SSSR count). The molecule has 3 atom stereocenters. The summed E-state index contributed by atoms with van der Waals surface area (Å²) in [7, 11) is 1.45. The smallest absolute Gasteiger partial charge is 0.410 e. The second-order valence-corrected chi connectivity index (χ2v) is 9.22. The summed E-state index contributed by atoms with van der Waals surface area (Å²) in [5, 5.41) is 2.01. The number of urea groups is 1. The summed E-state index contributed by atoms with van der Waals surface area (Å²) in [5.74, 6) is 2.17. The molecule has 1 saturated heterocycles. The Balaban J connectivity index is 1.41. The van der Waals surface area contributed by atoms with E-state index in [1.807, 2.05) is 5.32 Å². The lowest BCUT2D eigenvalue weighted by atomic mass is 9.90. The number of halogens is 3. The van der Waals surface area contributed by atoms with Crippen LogP contribution in [0.25, 0.3) is 11.1 Å². The number of benzene rings is 1. The minimum atomic E-state index is -4.51. The van der Waals surface area contributed by atoms with Crippen molar-refractivity contribution in [3.8, 4) is 0 Å². The average molecular weight is 452 g/mol. The molecule has 174 valence electrons. The molecule has 32 heavy (non-hydrogen) atoms. The highest BCUT2D eigenvalue weighted by molar-refractivity contribution is 5.78. The van der Waals surface area contributed by atoms with Crippen LogP contribution in [0.4, 0.5) is 18.0 Å². The first-order chi connectivity index (χ1) is 15.3. The van der Waals surface area contributed by atoms with Gasteiger partial charge >= 0.3 is 12.2 Å². The van der Waals surface area contributed by atoms with Gasteiger partial charge in [-0.25, -0.2) is 9.78 Å². The van der Waals surface area contributed by atoms with E-state index in [4.69, 9.17) is 14.9 Å². The first-order valence-electron chi connectivity index (χ1n) is 11.0. The number of alkyl halides is 3. The van der Waals surface area contributed by atoms with Crippen molar-refractivity contribution in [2.24, 2.45) is 23.5 Å². The van der Waals surface area contributed by atoms with Crippen molar-refractivity contribution < 1.29 is 27.1 Å². The summed E-state index contributed by atoms with van der Waals surface area (Å²) >= 11 is 0. The lowest BCUT2D eigenvalue weighted by Gasteiger charge is -2.27. The van der Waals surface area contributed by atoms with Gasteiger partial charge in [0.2, 0.25) is 5.89 Å². The van der Waals surface area contributed by atoms with Gasteiger partial charge in [0.1, 0.15) is 11.6 Å². The third-order valence-electron chi connectivity index (χ3n) is 6.88. The molecule has 3 fully saturated rings. The Hall–Kier alpha value is -2.33. The molecule has 0 radical (unpaired) electrons. The number of amides is 2. The molecule has 1 aromatic carbocycles. The van der Waals surface area contributed by atoms with Crippen molar-refractivity contribution in [2.45, 2.75) is 50.0 Å². The second kappa shape index (κ2) is 7.91. The molecule has 1 aromatic heterocycles. The maximum atomic E-state index is 13.1. The third-order valence-corrected chi connectivity index (χ3v) is 6.88. The number of fused-ring (bicyclic) bond motifs is 1. The Kier molecular flexibility index (Phi) is 5.32. The molecule has 1 aliphatic heterocycles. The Morgan fingerprint density at radius 1 is 1.28 bits per heavy atom. The molecule has 2 amide bonds. The molecule has 10 heteroatoms. The number of aromatic nitrogens is 1. The number of ether oxygens (including phenoxy) is 1. The van der Waals surface area contributed by atoms with Gasteiger partial charge in [-0.05, 0) is 61.1 Å². The number of nitrogens with zero attached hydrogens (tertiary/aromatic N) is 2. The lowest BCUT2D eigenvalue weighted by molar-refractivity contribution is -0.150. The lowest BCUT2D eigenvalue weighted by Crippen LogP contribution is -2.40. The fraction of sp³-hybridized carbons (Fsp3) is 0.636. The monoisotopic (exact) mass is 452 g/mol. The van der Waals surface area contributed by atoms with Crippen LogP contribution in [0.3, 0.4) is 0 Å². The number of oxazole rings is 1. The predicted molar refractivity (Wildman–Crippen MR) is 110 cm³/mol. The summed E-state index contributed by atoms with van der Waals surface area (Å²) in [6.07, 6.45) is 0.301. The van der Waals surface area contributed by atoms with E-state index in [1.165, 1.54) is 32.8 Å². The van der Waals surface area contributed by atoms with Crippen LogP contribution in [0.1, 0.15) is 49.2 Å². The number of nitrogens with one attached hydrogen (secondary N) is 1. The molecule has 2 heterocycles. The topological polar surface area (TPSA) is 93.6 Å². The highest BCUT2D eigenvalue weighted by atomic mass is 19.4. The number of rotatable bonds is 8. The van der Waals surface area contributed by atoms with Crippen molar-refractivity contribution in [1.29, 1.82) is 0 Å². The van der Waals surface area contributed by atoms with Crippen molar-refractivity contribution >= 4 is 17.1 Å². The number of nitrogens with two attached hydrogens (primary N) is 1. The van der Waals surface area contributed by atoms with Crippen LogP contribution < -0.4 is 11.1 Å². The molecule has 3 aliphatic rings. The van der Waals surface area contributed by atoms with Crippen molar-refractivity contribution in [3.63, 3.8) is 0 Å². The Morgan fingerprint density at radius 3 is 2.53 bits per heavy atom. The highest BCUT2D eigenvalue weighted by Gasteiger charge is 2.49. The zero-order chi connectivity index (χ0) is 22.6. The summed E-state index contributed by atoms with van der Waals surface area (Å²) in [5.41, 5.74) is 8.34. The van der Waals surface area contributed by atoms with Crippen molar-refractivity contribution in [1.82, 2.24) is 15.2 Å². The zero-order valence-corrected chi connectivity index (χ0v) is 17.8. The van der Waals surface area contributed by atoms with Gasteiger partial charge in [-0.1, -0.05) is 6.07 Å². The summed E-state index contributed by atoms with van der Waals surface area (Å²) in [4.78, 5) is 18.1. The standard InChI is InChI=1S/C22H27F3N4O3/c1-31-10-15(29-9-17(22(23,24)25)28-21(29)30)13-6-7-16-14(8-13)27-20(32-16)19(26)18(11-2-3-11)12-4-5-12/h6-8,11-12,15,17-19H,2-5,9-10,26H2,1H3,(H,28,30)/t15-,17+,19-/m1/s1. The average Bonchev–Trinajstić information content (AvgIpc) is 3.67. The largest absolute Gasteiger partial charge is 0.439 e. The van der Waals surface area contributed by atoms with Crippen LogP contribution in [0.15, 0.2) is 22.6 Å². The van der Waals surface area contributed by atoms with Gasteiger partial charge in [-0.3, -0.25) is 0 Å². The van der Waals surface area contributed by atoms with Crippen molar-refractivity contribution in [2.75, 3.05) is 20.3 Å². The SMILES string of the molecule is COC[C@H](c1ccc2oc([C@H](N)C(C3CC3)C3CC3)nc2c1)N1C[C@@H](C(F)(F)F)NC1=O. The van der Waals surface area contributed by atoms with E-state index in [0.29, 0.717) is 40.3 Å². The second-order valence-electron chi connectivity index (χ2n) is 9.22. The van der Waals surface area contributed by atoms with Gasteiger partial charge < -0.3 is 25.1 Å².